The highest BCUT2D eigenvalue weighted by Gasteiger charge is 2.32. The van der Waals surface area contributed by atoms with E-state index in [1.165, 1.54) is 13.2 Å². The van der Waals surface area contributed by atoms with Crippen molar-refractivity contribution < 1.29 is 32.6 Å². The number of methoxy groups -OCH3 is 1. The van der Waals surface area contributed by atoms with Gasteiger partial charge in [-0.15, -0.1) is 0 Å². The highest BCUT2D eigenvalue weighted by atomic mass is 19.4. The average molecular weight is 529 g/mol. The van der Waals surface area contributed by atoms with Crippen LogP contribution in [0.3, 0.4) is 0 Å². The Hall–Kier alpha value is -4.01. The van der Waals surface area contributed by atoms with Gasteiger partial charge in [-0.05, 0) is 59.9 Å². The number of carboxylic acid groups (broad SMARTS) is 1. The minimum absolute atomic E-state index is 0.258. The fourth-order valence-electron chi connectivity index (χ4n) is 4.29. The van der Waals surface area contributed by atoms with Crippen LogP contribution in [0.4, 0.5) is 18.0 Å². The summed E-state index contributed by atoms with van der Waals surface area (Å²) >= 11 is 0. The predicted octanol–water partition coefficient (Wildman–Crippen LogP) is 6.69. The van der Waals surface area contributed by atoms with Gasteiger partial charge in [0.15, 0.2) is 0 Å². The van der Waals surface area contributed by atoms with E-state index in [4.69, 9.17) is 4.74 Å². The lowest BCUT2D eigenvalue weighted by Crippen LogP contribution is -2.41. The molecule has 0 aliphatic carbocycles. The van der Waals surface area contributed by atoms with Crippen molar-refractivity contribution in [2.75, 3.05) is 13.7 Å². The molecule has 0 saturated carbocycles. The molecule has 0 bridgehead atoms. The van der Waals surface area contributed by atoms with Crippen LogP contribution in [0, 0.1) is 0 Å². The Kier molecular flexibility index (Phi) is 9.39. The number of amides is 2. The molecular weight excluding hydrogens is 497 g/mol. The van der Waals surface area contributed by atoms with E-state index in [-0.39, 0.29) is 12.0 Å². The Bertz CT molecular complexity index is 1260. The summed E-state index contributed by atoms with van der Waals surface area (Å²) in [5, 5.41) is 12.1. The third-order valence-electron chi connectivity index (χ3n) is 6.25. The molecule has 0 saturated heterocycles. The third-order valence-corrected chi connectivity index (χ3v) is 6.25. The summed E-state index contributed by atoms with van der Waals surface area (Å²) in [4.78, 5) is 26.1. The number of alkyl halides is 3. The van der Waals surface area contributed by atoms with Crippen LogP contribution in [0.15, 0.2) is 66.7 Å². The van der Waals surface area contributed by atoms with E-state index in [1.807, 2.05) is 37.3 Å². The second kappa shape index (κ2) is 12.5. The fourth-order valence-corrected chi connectivity index (χ4v) is 4.29. The fraction of sp³-hybridized carbons (Fsp3) is 0.310. The zero-order valence-corrected chi connectivity index (χ0v) is 21.5. The summed E-state index contributed by atoms with van der Waals surface area (Å²) < 4.78 is 46.6. The molecule has 0 aromatic heterocycles. The number of carboxylic acids is 1. The van der Waals surface area contributed by atoms with Crippen LogP contribution in [0.1, 0.15) is 48.6 Å². The topological polar surface area (TPSA) is 78.9 Å². The maximum absolute atomic E-state index is 13.7. The lowest BCUT2D eigenvalue weighted by molar-refractivity contribution is -0.138. The third kappa shape index (κ3) is 7.06. The van der Waals surface area contributed by atoms with Crippen LogP contribution in [-0.2, 0) is 23.9 Å². The quantitative estimate of drug-likeness (QED) is 0.307. The molecule has 0 radical (unpaired) electrons. The highest BCUT2D eigenvalue weighted by molar-refractivity contribution is 5.79. The molecule has 3 rings (SSSR count). The second-order valence-electron chi connectivity index (χ2n) is 8.82. The first-order valence-electron chi connectivity index (χ1n) is 12.3. The van der Waals surface area contributed by atoms with Crippen molar-refractivity contribution in [2.24, 2.45) is 0 Å². The van der Waals surface area contributed by atoms with Gasteiger partial charge in [0, 0.05) is 18.7 Å². The van der Waals surface area contributed by atoms with Gasteiger partial charge in [-0.2, -0.15) is 13.2 Å². The minimum atomic E-state index is -4.59. The molecule has 1 atom stereocenters. The summed E-state index contributed by atoms with van der Waals surface area (Å²) in [6, 6.07) is 16.4. The first kappa shape index (κ1) is 28.6. The molecule has 3 aromatic carbocycles. The first-order valence-corrected chi connectivity index (χ1v) is 12.3. The van der Waals surface area contributed by atoms with E-state index in [9.17, 15) is 27.9 Å². The molecule has 0 fully saturated rings. The SMILES string of the molecule is CCC(NC(=O)N(CC)Cc1ccccc1)c1cc(C(F)(F)F)ccc1-c1cc(CC(=O)O)ccc1OC. The largest absolute Gasteiger partial charge is 0.496 e. The zero-order chi connectivity index (χ0) is 27.9. The molecule has 0 spiro atoms. The van der Waals surface area contributed by atoms with Crippen molar-refractivity contribution >= 4 is 12.0 Å². The van der Waals surface area contributed by atoms with E-state index in [2.05, 4.69) is 5.32 Å². The Morgan fingerprint density at radius 3 is 2.26 bits per heavy atom. The maximum Gasteiger partial charge on any atom is 0.416 e. The Labute approximate surface area is 220 Å². The van der Waals surface area contributed by atoms with Crippen LogP contribution in [0.25, 0.3) is 11.1 Å². The summed E-state index contributed by atoms with van der Waals surface area (Å²) in [6.07, 6.45) is -4.53. The van der Waals surface area contributed by atoms with Crippen LogP contribution in [0.5, 0.6) is 5.75 Å². The van der Waals surface area contributed by atoms with Crippen LogP contribution in [-0.4, -0.2) is 35.7 Å². The Balaban J connectivity index is 2.06. The van der Waals surface area contributed by atoms with Gasteiger partial charge in [0.2, 0.25) is 0 Å². The number of benzene rings is 3. The van der Waals surface area contributed by atoms with Gasteiger partial charge >= 0.3 is 18.2 Å². The van der Waals surface area contributed by atoms with Crippen molar-refractivity contribution in [3.63, 3.8) is 0 Å². The van der Waals surface area contributed by atoms with Crippen molar-refractivity contribution in [3.05, 3.63) is 89.0 Å². The number of carbonyl (C=O) groups is 2. The Morgan fingerprint density at radius 1 is 0.974 bits per heavy atom. The highest BCUT2D eigenvalue weighted by Crippen LogP contribution is 2.40. The van der Waals surface area contributed by atoms with Crippen molar-refractivity contribution in [2.45, 2.75) is 45.5 Å². The number of carbonyl (C=O) groups excluding carboxylic acids is 1. The minimum Gasteiger partial charge on any atom is -0.496 e. The summed E-state index contributed by atoms with van der Waals surface area (Å²) in [5.74, 6) is -0.661. The lowest BCUT2D eigenvalue weighted by Gasteiger charge is -2.27. The van der Waals surface area contributed by atoms with Gasteiger partial charge in [0.1, 0.15) is 5.75 Å². The maximum atomic E-state index is 13.7. The molecular formula is C29H31F3N2O4. The number of urea groups is 1. The number of aliphatic carboxylic acids is 1. The second-order valence-corrected chi connectivity index (χ2v) is 8.82. The monoisotopic (exact) mass is 528 g/mol. The molecule has 6 nitrogen and oxygen atoms in total. The zero-order valence-electron chi connectivity index (χ0n) is 21.5. The first-order chi connectivity index (χ1) is 18.1. The van der Waals surface area contributed by atoms with E-state index >= 15 is 0 Å². The van der Waals surface area contributed by atoms with Gasteiger partial charge in [0.05, 0.1) is 25.1 Å². The molecule has 2 amide bonds. The molecule has 0 aliphatic heterocycles. The van der Waals surface area contributed by atoms with Gasteiger partial charge in [-0.25, -0.2) is 4.79 Å². The summed E-state index contributed by atoms with van der Waals surface area (Å²) in [5.41, 5.74) is 1.67. The van der Waals surface area contributed by atoms with Gasteiger partial charge in [-0.1, -0.05) is 49.4 Å². The van der Waals surface area contributed by atoms with Gasteiger partial charge in [-0.3, -0.25) is 4.79 Å². The summed E-state index contributed by atoms with van der Waals surface area (Å²) in [7, 11) is 1.43. The van der Waals surface area contributed by atoms with Crippen LogP contribution < -0.4 is 10.1 Å². The number of halogens is 3. The molecule has 9 heteroatoms. The number of nitrogens with one attached hydrogen (secondary N) is 1. The molecule has 0 aliphatic rings. The molecule has 38 heavy (non-hydrogen) atoms. The molecule has 3 aromatic rings. The number of hydrogen-bond acceptors (Lipinski definition) is 3. The van der Waals surface area contributed by atoms with Crippen molar-refractivity contribution in [1.82, 2.24) is 10.2 Å². The standard InChI is InChI=1S/C29H31F3N2O4/c1-4-25(33-28(37)34(5-2)18-19-9-7-6-8-10-19)23-17-21(29(30,31)32)12-13-22(23)24-15-20(16-27(35)36)11-14-26(24)38-3/h6-15,17,25H,4-5,16,18H2,1-3H3,(H,33,37)(H,35,36). The van der Waals surface area contributed by atoms with E-state index < -0.39 is 29.8 Å². The number of nitrogens with zero attached hydrogens (tertiary/aromatic N) is 1. The van der Waals surface area contributed by atoms with Gasteiger partial charge in [0.25, 0.3) is 0 Å². The number of rotatable bonds is 10. The molecule has 0 heterocycles. The van der Waals surface area contributed by atoms with Crippen molar-refractivity contribution in [3.8, 4) is 16.9 Å². The van der Waals surface area contributed by atoms with Crippen LogP contribution >= 0.6 is 0 Å². The normalized spacial score (nSPS) is 12.1. The Morgan fingerprint density at radius 2 is 1.68 bits per heavy atom. The predicted molar refractivity (Wildman–Crippen MR) is 139 cm³/mol. The van der Waals surface area contributed by atoms with Gasteiger partial charge < -0.3 is 20.1 Å². The van der Waals surface area contributed by atoms with Crippen molar-refractivity contribution in [1.29, 1.82) is 0 Å². The van der Waals surface area contributed by atoms with E-state index in [1.54, 1.807) is 30.0 Å². The number of ether oxygens (including phenoxy) is 1. The van der Waals surface area contributed by atoms with Crippen LogP contribution in [0.2, 0.25) is 0 Å². The number of hydrogen-bond donors (Lipinski definition) is 2. The van der Waals surface area contributed by atoms with E-state index in [0.29, 0.717) is 42.0 Å². The molecule has 202 valence electrons. The van der Waals surface area contributed by atoms with E-state index in [0.717, 1.165) is 17.7 Å². The average Bonchev–Trinajstić information content (AvgIpc) is 2.89. The molecule has 1 unspecified atom stereocenters. The summed E-state index contributed by atoms with van der Waals surface area (Å²) in [6.45, 7) is 4.36. The molecule has 2 N–H and O–H groups in total. The lowest BCUT2D eigenvalue weighted by atomic mass is 9.90. The smallest absolute Gasteiger partial charge is 0.416 e.